The van der Waals surface area contributed by atoms with Crippen LogP contribution in [0.5, 0.6) is 0 Å². The summed E-state index contributed by atoms with van der Waals surface area (Å²) in [6, 6.07) is 13.7. The average molecular weight is 256 g/mol. The number of aryl methyl sites for hydroxylation is 1. The minimum atomic E-state index is 0.0539. The minimum absolute atomic E-state index is 0.0539. The van der Waals surface area contributed by atoms with Crippen LogP contribution in [0.1, 0.15) is 18.1 Å². The summed E-state index contributed by atoms with van der Waals surface area (Å²) >= 11 is 0. The summed E-state index contributed by atoms with van der Waals surface area (Å²) in [4.78, 5) is 11.5. The summed E-state index contributed by atoms with van der Waals surface area (Å²) in [5.74, 6) is 0. The van der Waals surface area contributed by atoms with Gasteiger partial charge in [0.2, 0.25) is 0 Å². The van der Waals surface area contributed by atoms with E-state index in [1.165, 1.54) is 11.1 Å². The van der Waals surface area contributed by atoms with Gasteiger partial charge in [-0.3, -0.25) is 4.79 Å². The van der Waals surface area contributed by atoms with Gasteiger partial charge in [0.1, 0.15) is 0 Å². The molecule has 100 valence electrons. The molecule has 0 spiro atoms. The molecule has 0 radical (unpaired) electrons. The van der Waals surface area contributed by atoms with Crippen molar-refractivity contribution in [1.29, 1.82) is 0 Å². The second-order valence-electron chi connectivity index (χ2n) is 4.53. The quantitative estimate of drug-likeness (QED) is 0.804. The van der Waals surface area contributed by atoms with Crippen molar-refractivity contribution in [3.05, 3.63) is 70.1 Å². The molecule has 2 aromatic rings. The van der Waals surface area contributed by atoms with Gasteiger partial charge in [0, 0.05) is 31.9 Å². The van der Waals surface area contributed by atoms with Crippen LogP contribution in [0.15, 0.2) is 53.5 Å². The van der Waals surface area contributed by atoms with E-state index < -0.39 is 0 Å². The van der Waals surface area contributed by atoms with Crippen LogP contribution in [0.2, 0.25) is 0 Å². The topological polar surface area (TPSA) is 34.0 Å². The van der Waals surface area contributed by atoms with Crippen molar-refractivity contribution in [1.82, 2.24) is 9.88 Å². The van der Waals surface area contributed by atoms with E-state index in [0.29, 0.717) is 6.54 Å². The van der Waals surface area contributed by atoms with Crippen LogP contribution in [0.25, 0.3) is 0 Å². The highest BCUT2D eigenvalue weighted by molar-refractivity contribution is 5.26. The van der Waals surface area contributed by atoms with Crippen LogP contribution in [0, 0.1) is 0 Å². The fourth-order valence-corrected chi connectivity index (χ4v) is 2.14. The smallest absolute Gasteiger partial charge is 0.250 e. The molecule has 0 saturated heterocycles. The summed E-state index contributed by atoms with van der Waals surface area (Å²) in [5, 5.41) is 3.39. The monoisotopic (exact) mass is 256 g/mol. The van der Waals surface area contributed by atoms with E-state index in [1.54, 1.807) is 16.7 Å². The Hall–Kier alpha value is -1.87. The Morgan fingerprint density at radius 3 is 2.53 bits per heavy atom. The Kier molecular flexibility index (Phi) is 4.93. The molecular weight excluding hydrogens is 236 g/mol. The van der Waals surface area contributed by atoms with Gasteiger partial charge >= 0.3 is 0 Å². The van der Waals surface area contributed by atoms with Crippen molar-refractivity contribution in [2.45, 2.75) is 26.4 Å². The predicted molar refractivity (Wildman–Crippen MR) is 78.2 cm³/mol. The molecule has 0 saturated carbocycles. The van der Waals surface area contributed by atoms with Crippen molar-refractivity contribution in [2.75, 3.05) is 6.54 Å². The molecule has 0 amide bonds. The third-order valence-electron chi connectivity index (χ3n) is 3.24. The highest BCUT2D eigenvalue weighted by Gasteiger charge is 1.99. The van der Waals surface area contributed by atoms with Crippen LogP contribution >= 0.6 is 0 Å². The molecule has 1 aromatic heterocycles. The predicted octanol–water partition coefficient (Wildman–Crippen LogP) is 2.20. The Morgan fingerprint density at radius 1 is 1.05 bits per heavy atom. The minimum Gasteiger partial charge on any atom is -0.314 e. The van der Waals surface area contributed by atoms with Gasteiger partial charge in [0.25, 0.3) is 5.56 Å². The molecular formula is C16H20N2O. The highest BCUT2D eigenvalue weighted by Crippen LogP contribution is 2.08. The molecule has 3 heteroatoms. The van der Waals surface area contributed by atoms with Crippen molar-refractivity contribution < 1.29 is 0 Å². The Balaban J connectivity index is 1.84. The van der Waals surface area contributed by atoms with E-state index >= 15 is 0 Å². The van der Waals surface area contributed by atoms with Crippen molar-refractivity contribution >= 4 is 0 Å². The van der Waals surface area contributed by atoms with E-state index in [4.69, 9.17) is 0 Å². The van der Waals surface area contributed by atoms with Crippen molar-refractivity contribution in [3.63, 3.8) is 0 Å². The fraction of sp³-hybridized carbons (Fsp3) is 0.312. The summed E-state index contributed by atoms with van der Waals surface area (Å²) in [6.45, 7) is 4.52. The third kappa shape index (κ3) is 3.80. The van der Waals surface area contributed by atoms with Gasteiger partial charge in [-0.25, -0.2) is 0 Å². The van der Waals surface area contributed by atoms with Crippen LogP contribution in [-0.4, -0.2) is 11.1 Å². The molecule has 3 nitrogen and oxygen atoms in total. The number of hydrogen-bond acceptors (Lipinski definition) is 2. The van der Waals surface area contributed by atoms with E-state index in [1.807, 2.05) is 12.3 Å². The van der Waals surface area contributed by atoms with Crippen LogP contribution in [0.3, 0.4) is 0 Å². The second-order valence-corrected chi connectivity index (χ2v) is 4.53. The van der Waals surface area contributed by atoms with E-state index in [2.05, 4.69) is 36.5 Å². The number of rotatable bonds is 6. The molecule has 0 unspecified atom stereocenters. The van der Waals surface area contributed by atoms with Gasteiger partial charge in [-0.1, -0.05) is 37.3 Å². The molecule has 1 N–H and O–H groups in total. The lowest BCUT2D eigenvalue weighted by atomic mass is 10.1. The zero-order chi connectivity index (χ0) is 13.5. The standard InChI is InChI=1S/C16H20N2O/c1-2-14-7-3-4-8-15(14)13-17-10-12-18-11-6-5-9-16(18)19/h3-9,11,17H,2,10,12-13H2,1H3. The van der Waals surface area contributed by atoms with Crippen LogP contribution in [-0.2, 0) is 19.5 Å². The maximum atomic E-state index is 11.5. The Bertz CT molecular complexity index is 575. The average Bonchev–Trinajstić information content (AvgIpc) is 2.45. The zero-order valence-corrected chi connectivity index (χ0v) is 11.3. The first-order valence-corrected chi connectivity index (χ1v) is 6.74. The number of hydrogen-bond donors (Lipinski definition) is 1. The SMILES string of the molecule is CCc1ccccc1CNCCn1ccccc1=O. The fourth-order valence-electron chi connectivity index (χ4n) is 2.14. The Labute approximate surface area is 113 Å². The Morgan fingerprint density at radius 2 is 1.79 bits per heavy atom. The van der Waals surface area contributed by atoms with E-state index in [-0.39, 0.29) is 5.56 Å². The number of nitrogens with zero attached hydrogens (tertiary/aromatic N) is 1. The number of aromatic nitrogens is 1. The molecule has 2 rings (SSSR count). The first-order chi connectivity index (χ1) is 9.31. The number of nitrogens with one attached hydrogen (secondary N) is 1. The third-order valence-corrected chi connectivity index (χ3v) is 3.24. The molecule has 0 atom stereocenters. The lowest BCUT2D eigenvalue weighted by Gasteiger charge is -2.10. The maximum Gasteiger partial charge on any atom is 0.250 e. The molecule has 1 aromatic carbocycles. The van der Waals surface area contributed by atoms with Crippen LogP contribution < -0.4 is 10.9 Å². The molecule has 1 heterocycles. The largest absolute Gasteiger partial charge is 0.314 e. The molecule has 0 bridgehead atoms. The lowest BCUT2D eigenvalue weighted by Crippen LogP contribution is -2.26. The molecule has 0 fully saturated rings. The van der Waals surface area contributed by atoms with E-state index in [9.17, 15) is 4.79 Å². The lowest BCUT2D eigenvalue weighted by molar-refractivity contribution is 0.584. The first-order valence-electron chi connectivity index (χ1n) is 6.74. The van der Waals surface area contributed by atoms with Gasteiger partial charge in [-0.2, -0.15) is 0 Å². The molecule has 19 heavy (non-hydrogen) atoms. The summed E-state index contributed by atoms with van der Waals surface area (Å²) in [7, 11) is 0. The van der Waals surface area contributed by atoms with Crippen LogP contribution in [0.4, 0.5) is 0 Å². The zero-order valence-electron chi connectivity index (χ0n) is 11.3. The van der Waals surface area contributed by atoms with Gasteiger partial charge in [0.15, 0.2) is 0 Å². The molecule has 0 aliphatic heterocycles. The van der Waals surface area contributed by atoms with Crippen molar-refractivity contribution in [2.24, 2.45) is 0 Å². The molecule has 0 aliphatic carbocycles. The van der Waals surface area contributed by atoms with E-state index in [0.717, 1.165) is 19.5 Å². The molecule has 0 aliphatic rings. The summed E-state index contributed by atoms with van der Waals surface area (Å²) in [6.07, 6.45) is 2.87. The first kappa shape index (κ1) is 13.6. The maximum absolute atomic E-state index is 11.5. The number of pyridine rings is 1. The van der Waals surface area contributed by atoms with Gasteiger partial charge in [0.05, 0.1) is 0 Å². The normalized spacial score (nSPS) is 10.6. The van der Waals surface area contributed by atoms with Crippen molar-refractivity contribution in [3.8, 4) is 0 Å². The second kappa shape index (κ2) is 6.90. The van der Waals surface area contributed by atoms with Gasteiger partial charge in [-0.05, 0) is 23.6 Å². The number of benzene rings is 1. The van der Waals surface area contributed by atoms with Gasteiger partial charge < -0.3 is 9.88 Å². The summed E-state index contributed by atoms with van der Waals surface area (Å²) in [5.41, 5.74) is 2.77. The van der Waals surface area contributed by atoms with Gasteiger partial charge in [-0.15, -0.1) is 0 Å². The summed E-state index contributed by atoms with van der Waals surface area (Å²) < 4.78 is 1.72. The highest BCUT2D eigenvalue weighted by atomic mass is 16.1.